The number of benzene rings is 1. The third-order valence-electron chi connectivity index (χ3n) is 1.99. The van der Waals surface area contributed by atoms with E-state index < -0.39 is 28.8 Å². The van der Waals surface area contributed by atoms with Gasteiger partial charge in [0, 0.05) is 6.42 Å². The van der Waals surface area contributed by atoms with E-state index in [1.807, 2.05) is 0 Å². The van der Waals surface area contributed by atoms with Gasteiger partial charge in [0.15, 0.2) is 5.78 Å². The first-order chi connectivity index (χ1) is 6.99. The molecule has 0 aliphatic rings. The number of aromatic hydroxyl groups is 2. The van der Waals surface area contributed by atoms with E-state index in [0.29, 0.717) is 0 Å². The summed E-state index contributed by atoms with van der Waals surface area (Å²) in [5.74, 6) is -2.95. The molecule has 0 saturated carbocycles. The molecule has 0 amide bonds. The Bertz CT molecular complexity index is 422. The maximum absolute atomic E-state index is 11.3. The molecule has 0 aromatic heterocycles. The van der Waals surface area contributed by atoms with Crippen molar-refractivity contribution in [2.75, 3.05) is 0 Å². The number of rotatable bonds is 3. The number of carboxylic acids is 1. The van der Waals surface area contributed by atoms with Crippen LogP contribution < -0.4 is 0 Å². The number of aromatic carboxylic acids is 1. The lowest BCUT2D eigenvalue weighted by molar-refractivity contribution is 0.0693. The van der Waals surface area contributed by atoms with Gasteiger partial charge in [-0.3, -0.25) is 4.79 Å². The SMILES string of the molecule is CCC(=O)c1c(O)ccc(C(=O)O)c1O. The highest BCUT2D eigenvalue weighted by molar-refractivity contribution is 6.04. The zero-order chi connectivity index (χ0) is 11.6. The van der Waals surface area contributed by atoms with Crippen LogP contribution in [0, 0.1) is 0 Å². The van der Waals surface area contributed by atoms with Gasteiger partial charge in [0.1, 0.15) is 22.6 Å². The molecule has 80 valence electrons. The van der Waals surface area contributed by atoms with Gasteiger partial charge in [0.2, 0.25) is 0 Å². The molecule has 0 unspecified atom stereocenters. The number of phenolic OH excluding ortho intramolecular Hbond substituents is 1. The fraction of sp³-hybridized carbons (Fsp3) is 0.200. The molecule has 1 aromatic rings. The third-order valence-corrected chi connectivity index (χ3v) is 1.99. The van der Waals surface area contributed by atoms with E-state index in [9.17, 15) is 19.8 Å². The first-order valence-corrected chi connectivity index (χ1v) is 4.30. The molecule has 0 aliphatic carbocycles. The lowest BCUT2D eigenvalue weighted by Crippen LogP contribution is -2.03. The number of phenols is 2. The van der Waals surface area contributed by atoms with Gasteiger partial charge >= 0.3 is 5.97 Å². The molecule has 0 heterocycles. The lowest BCUT2D eigenvalue weighted by atomic mass is 10.0. The minimum atomic E-state index is -1.35. The summed E-state index contributed by atoms with van der Waals surface area (Å²) in [6.07, 6.45) is 0.0736. The fourth-order valence-corrected chi connectivity index (χ4v) is 1.20. The summed E-state index contributed by atoms with van der Waals surface area (Å²) in [6.45, 7) is 1.55. The molecule has 1 aromatic carbocycles. The second-order valence-corrected chi connectivity index (χ2v) is 2.94. The zero-order valence-corrected chi connectivity index (χ0v) is 8.02. The average Bonchev–Trinajstić information content (AvgIpc) is 2.16. The van der Waals surface area contributed by atoms with Gasteiger partial charge in [0.25, 0.3) is 0 Å². The van der Waals surface area contributed by atoms with Gasteiger partial charge in [-0.1, -0.05) is 6.92 Å². The Morgan fingerprint density at radius 1 is 1.27 bits per heavy atom. The van der Waals surface area contributed by atoms with Gasteiger partial charge in [-0.05, 0) is 12.1 Å². The lowest BCUT2D eigenvalue weighted by Gasteiger charge is -2.07. The van der Waals surface area contributed by atoms with Crippen molar-refractivity contribution in [2.24, 2.45) is 0 Å². The molecule has 0 aliphatic heterocycles. The molecule has 15 heavy (non-hydrogen) atoms. The van der Waals surface area contributed by atoms with Crippen molar-refractivity contribution >= 4 is 11.8 Å². The number of carboxylic acid groups (broad SMARTS) is 1. The molecule has 1 rings (SSSR count). The van der Waals surface area contributed by atoms with Crippen LogP contribution in [0.5, 0.6) is 11.5 Å². The average molecular weight is 210 g/mol. The van der Waals surface area contributed by atoms with Gasteiger partial charge in [-0.2, -0.15) is 0 Å². The van der Waals surface area contributed by atoms with E-state index in [2.05, 4.69) is 0 Å². The summed E-state index contributed by atoms with van der Waals surface area (Å²) in [5, 5.41) is 27.5. The van der Waals surface area contributed by atoms with Crippen LogP contribution >= 0.6 is 0 Å². The molecular weight excluding hydrogens is 200 g/mol. The number of hydrogen-bond donors (Lipinski definition) is 3. The molecule has 0 atom stereocenters. The van der Waals surface area contributed by atoms with E-state index in [1.165, 1.54) is 0 Å². The van der Waals surface area contributed by atoms with Crippen LogP contribution in [0.25, 0.3) is 0 Å². The van der Waals surface area contributed by atoms with Gasteiger partial charge in [-0.25, -0.2) is 4.79 Å². The number of Topliss-reactive ketones (excluding diaryl/α,β-unsaturated/α-hetero) is 1. The van der Waals surface area contributed by atoms with Crippen molar-refractivity contribution in [3.05, 3.63) is 23.3 Å². The van der Waals surface area contributed by atoms with Crippen LogP contribution in [0.4, 0.5) is 0 Å². The summed E-state index contributed by atoms with van der Waals surface area (Å²) < 4.78 is 0. The van der Waals surface area contributed by atoms with Crippen LogP contribution in [0.15, 0.2) is 12.1 Å². The molecule has 0 bridgehead atoms. The Balaban J connectivity index is 3.43. The van der Waals surface area contributed by atoms with Crippen molar-refractivity contribution in [1.29, 1.82) is 0 Å². The predicted molar refractivity (Wildman–Crippen MR) is 51.4 cm³/mol. The van der Waals surface area contributed by atoms with Gasteiger partial charge in [0.05, 0.1) is 0 Å². The second-order valence-electron chi connectivity index (χ2n) is 2.94. The van der Waals surface area contributed by atoms with Crippen LogP contribution in [-0.4, -0.2) is 27.1 Å². The highest BCUT2D eigenvalue weighted by Gasteiger charge is 2.20. The summed E-state index contributed by atoms with van der Waals surface area (Å²) in [6, 6.07) is 2.12. The van der Waals surface area contributed by atoms with Crippen LogP contribution in [0.2, 0.25) is 0 Å². The third kappa shape index (κ3) is 1.90. The van der Waals surface area contributed by atoms with Gasteiger partial charge < -0.3 is 15.3 Å². The highest BCUT2D eigenvalue weighted by atomic mass is 16.4. The molecule has 0 spiro atoms. The Kier molecular flexibility index (Phi) is 2.94. The zero-order valence-electron chi connectivity index (χ0n) is 8.02. The number of carbonyl (C=O) groups excluding carboxylic acids is 1. The monoisotopic (exact) mass is 210 g/mol. The normalized spacial score (nSPS) is 9.93. The van der Waals surface area contributed by atoms with Crippen LogP contribution in [-0.2, 0) is 0 Å². The van der Waals surface area contributed by atoms with Crippen molar-refractivity contribution in [1.82, 2.24) is 0 Å². The Labute approximate surface area is 85.6 Å². The minimum absolute atomic E-state index is 0.0736. The molecule has 0 radical (unpaired) electrons. The van der Waals surface area contributed by atoms with E-state index in [0.717, 1.165) is 12.1 Å². The largest absolute Gasteiger partial charge is 0.507 e. The maximum atomic E-state index is 11.3. The van der Waals surface area contributed by atoms with E-state index >= 15 is 0 Å². The van der Waals surface area contributed by atoms with Gasteiger partial charge in [-0.15, -0.1) is 0 Å². The molecule has 0 saturated heterocycles. The first kappa shape index (κ1) is 11.0. The molecule has 5 heteroatoms. The minimum Gasteiger partial charge on any atom is -0.507 e. The molecule has 5 nitrogen and oxygen atoms in total. The predicted octanol–water partition coefficient (Wildman–Crippen LogP) is 1.39. The quantitative estimate of drug-likeness (QED) is 0.655. The smallest absolute Gasteiger partial charge is 0.339 e. The molecule has 0 fully saturated rings. The standard InChI is InChI=1S/C10H10O5/c1-2-6(11)8-7(12)4-3-5(9(8)13)10(14)15/h3-4,12-13H,2H2,1H3,(H,14,15). The van der Waals surface area contributed by atoms with E-state index in [4.69, 9.17) is 5.11 Å². The van der Waals surface area contributed by atoms with Crippen molar-refractivity contribution in [2.45, 2.75) is 13.3 Å². The van der Waals surface area contributed by atoms with Crippen molar-refractivity contribution < 1.29 is 24.9 Å². The maximum Gasteiger partial charge on any atom is 0.339 e. The molecular formula is C10H10O5. The topological polar surface area (TPSA) is 94.8 Å². The fourth-order valence-electron chi connectivity index (χ4n) is 1.20. The Morgan fingerprint density at radius 2 is 1.87 bits per heavy atom. The first-order valence-electron chi connectivity index (χ1n) is 4.30. The Morgan fingerprint density at radius 3 is 2.33 bits per heavy atom. The van der Waals surface area contributed by atoms with Crippen molar-refractivity contribution in [3.8, 4) is 11.5 Å². The van der Waals surface area contributed by atoms with E-state index in [1.54, 1.807) is 6.92 Å². The Hall–Kier alpha value is -2.04. The second kappa shape index (κ2) is 4.00. The summed E-state index contributed by atoms with van der Waals surface area (Å²) >= 11 is 0. The molecule has 3 N–H and O–H groups in total. The summed E-state index contributed by atoms with van der Waals surface area (Å²) in [7, 11) is 0. The van der Waals surface area contributed by atoms with Crippen molar-refractivity contribution in [3.63, 3.8) is 0 Å². The van der Waals surface area contributed by atoms with Crippen LogP contribution in [0.3, 0.4) is 0 Å². The number of carbonyl (C=O) groups is 2. The number of hydrogen-bond acceptors (Lipinski definition) is 4. The van der Waals surface area contributed by atoms with Crippen LogP contribution in [0.1, 0.15) is 34.1 Å². The highest BCUT2D eigenvalue weighted by Crippen LogP contribution is 2.31. The summed E-state index contributed by atoms with van der Waals surface area (Å²) in [5.41, 5.74) is -0.734. The summed E-state index contributed by atoms with van der Waals surface area (Å²) in [4.78, 5) is 22.0. The number of ketones is 1. The van der Waals surface area contributed by atoms with E-state index in [-0.39, 0.29) is 12.0 Å².